The molecule has 0 atom stereocenters. The van der Waals surface area contributed by atoms with Crippen LogP contribution in [0.5, 0.6) is 0 Å². The molecule has 1 saturated carbocycles. The summed E-state index contributed by atoms with van der Waals surface area (Å²) in [5, 5.41) is 18.0. The van der Waals surface area contributed by atoms with Crippen LogP contribution in [0.2, 0.25) is 0 Å². The van der Waals surface area contributed by atoms with Crippen LogP contribution in [0.15, 0.2) is 60.9 Å². The van der Waals surface area contributed by atoms with Gasteiger partial charge in [-0.05, 0) is 49.6 Å². The zero-order chi connectivity index (χ0) is 20.8. The summed E-state index contributed by atoms with van der Waals surface area (Å²) >= 11 is 0. The van der Waals surface area contributed by atoms with Crippen molar-refractivity contribution in [3.05, 3.63) is 83.7 Å². The number of carboxylic acids is 1. The van der Waals surface area contributed by atoms with Gasteiger partial charge in [-0.15, -0.1) is 0 Å². The Morgan fingerprint density at radius 3 is 2.60 bits per heavy atom. The molecular weight excluding hydrogens is 383 g/mol. The molecule has 2 heterocycles. The predicted octanol–water partition coefficient (Wildman–Crippen LogP) is 4.75. The first-order chi connectivity index (χ1) is 14.5. The highest BCUT2D eigenvalue weighted by Gasteiger charge is 2.33. The molecule has 0 radical (unpaired) electrons. The molecule has 5 rings (SSSR count). The van der Waals surface area contributed by atoms with E-state index in [-0.39, 0.29) is 17.3 Å². The molecule has 0 unspecified atom stereocenters. The summed E-state index contributed by atoms with van der Waals surface area (Å²) in [6.45, 7) is 1.87. The fourth-order valence-electron chi connectivity index (χ4n) is 3.81. The quantitative estimate of drug-likeness (QED) is 0.523. The average Bonchev–Trinajstić information content (AvgIpc) is 3.33. The number of carboxylic acid groups (broad SMARTS) is 1. The van der Waals surface area contributed by atoms with E-state index in [1.165, 1.54) is 6.20 Å². The van der Waals surface area contributed by atoms with E-state index in [0.29, 0.717) is 28.2 Å². The van der Waals surface area contributed by atoms with Gasteiger partial charge in [0.2, 0.25) is 0 Å². The molecule has 2 aromatic carbocycles. The van der Waals surface area contributed by atoms with Crippen molar-refractivity contribution in [3.8, 4) is 22.5 Å². The summed E-state index contributed by atoms with van der Waals surface area (Å²) in [5.41, 5.74) is 4.00. The van der Waals surface area contributed by atoms with Crippen molar-refractivity contribution in [1.29, 1.82) is 0 Å². The van der Waals surface area contributed by atoms with Crippen LogP contribution in [0.3, 0.4) is 0 Å². The lowest BCUT2D eigenvalue weighted by molar-refractivity contribution is 0.0695. The molecule has 0 bridgehead atoms. The van der Waals surface area contributed by atoms with E-state index in [4.69, 9.17) is 0 Å². The number of aromatic nitrogens is 4. The van der Waals surface area contributed by atoms with Crippen LogP contribution in [0.1, 0.15) is 40.5 Å². The van der Waals surface area contributed by atoms with E-state index in [9.17, 15) is 9.90 Å². The average molecular weight is 402 g/mol. The predicted molar refractivity (Wildman–Crippen MR) is 110 cm³/mol. The molecule has 150 valence electrons. The van der Waals surface area contributed by atoms with Crippen LogP contribution < -0.4 is 0 Å². The molecule has 4 aromatic rings. The Morgan fingerprint density at radius 1 is 1.10 bits per heavy atom. The number of benzene rings is 2. The molecular formula is C23H19FN4O2. The Kier molecular flexibility index (Phi) is 4.24. The lowest BCUT2D eigenvalue weighted by Crippen LogP contribution is -2.06. The highest BCUT2D eigenvalue weighted by molar-refractivity contribution is 5.89. The lowest BCUT2D eigenvalue weighted by atomic mass is 10.0. The van der Waals surface area contributed by atoms with E-state index in [1.54, 1.807) is 33.8 Å². The first-order valence-electron chi connectivity index (χ1n) is 9.76. The summed E-state index contributed by atoms with van der Waals surface area (Å²) < 4.78 is 18.6. The lowest BCUT2D eigenvalue weighted by Gasteiger charge is -2.12. The van der Waals surface area contributed by atoms with Gasteiger partial charge in [-0.1, -0.05) is 24.3 Å². The van der Waals surface area contributed by atoms with Crippen molar-refractivity contribution in [2.24, 2.45) is 0 Å². The van der Waals surface area contributed by atoms with Gasteiger partial charge in [-0.2, -0.15) is 10.2 Å². The topological polar surface area (TPSA) is 72.9 Å². The normalized spacial score (nSPS) is 13.5. The number of rotatable bonds is 5. The van der Waals surface area contributed by atoms with E-state index in [1.807, 2.05) is 37.3 Å². The maximum absolute atomic E-state index is 15.4. The van der Waals surface area contributed by atoms with Gasteiger partial charge in [0.25, 0.3) is 0 Å². The highest BCUT2D eigenvalue weighted by Crippen LogP contribution is 2.42. The van der Waals surface area contributed by atoms with E-state index >= 15 is 4.39 Å². The zero-order valence-electron chi connectivity index (χ0n) is 16.3. The van der Waals surface area contributed by atoms with Gasteiger partial charge in [0.1, 0.15) is 11.3 Å². The largest absolute Gasteiger partial charge is 0.478 e. The molecule has 2 aromatic heterocycles. The summed E-state index contributed by atoms with van der Waals surface area (Å²) in [6, 6.07) is 14.4. The molecule has 30 heavy (non-hydrogen) atoms. The molecule has 0 aliphatic heterocycles. The first-order valence-corrected chi connectivity index (χ1v) is 9.76. The van der Waals surface area contributed by atoms with Gasteiger partial charge in [0.05, 0.1) is 17.6 Å². The van der Waals surface area contributed by atoms with E-state index < -0.39 is 5.97 Å². The molecule has 1 aliphatic rings. The monoisotopic (exact) mass is 402 g/mol. The minimum atomic E-state index is -0.979. The Balaban J connectivity index is 1.61. The van der Waals surface area contributed by atoms with E-state index in [0.717, 1.165) is 18.5 Å². The van der Waals surface area contributed by atoms with Crippen molar-refractivity contribution in [1.82, 2.24) is 19.6 Å². The summed E-state index contributed by atoms with van der Waals surface area (Å²) in [6.07, 6.45) is 4.93. The standard InChI is InChI=1S/C23H19FN4O2/c1-14-10-11-25-27(14)20-7-3-6-18(21(20)24)16-4-2-5-17(12-16)28-22(15-8-9-15)19(13-26-28)23(29)30/h2-7,10-13,15H,8-9H2,1H3,(H,29,30). The number of aromatic carboxylic acids is 1. The van der Waals surface area contributed by atoms with Crippen LogP contribution >= 0.6 is 0 Å². The van der Waals surface area contributed by atoms with Gasteiger partial charge in [-0.25, -0.2) is 18.5 Å². The third kappa shape index (κ3) is 2.99. The van der Waals surface area contributed by atoms with Crippen LogP contribution in [-0.4, -0.2) is 30.6 Å². The fourth-order valence-corrected chi connectivity index (χ4v) is 3.81. The van der Waals surface area contributed by atoms with Gasteiger partial charge >= 0.3 is 5.97 Å². The van der Waals surface area contributed by atoms with Gasteiger partial charge in [-0.3, -0.25) is 0 Å². The number of aryl methyl sites for hydroxylation is 1. The SMILES string of the molecule is Cc1ccnn1-c1cccc(-c2cccc(-n3ncc(C(=O)O)c3C3CC3)c2)c1F. The van der Waals surface area contributed by atoms with Crippen molar-refractivity contribution in [2.75, 3.05) is 0 Å². The molecule has 1 fully saturated rings. The maximum Gasteiger partial charge on any atom is 0.339 e. The number of carbonyl (C=O) groups is 1. The Morgan fingerprint density at radius 2 is 1.90 bits per heavy atom. The number of hydrogen-bond acceptors (Lipinski definition) is 3. The molecule has 0 amide bonds. The van der Waals surface area contributed by atoms with Crippen LogP contribution in [0, 0.1) is 12.7 Å². The third-order valence-electron chi connectivity index (χ3n) is 5.44. The molecule has 6 nitrogen and oxygen atoms in total. The van der Waals surface area contributed by atoms with Crippen LogP contribution in [0.4, 0.5) is 4.39 Å². The first kappa shape index (κ1) is 18.3. The van der Waals surface area contributed by atoms with Crippen molar-refractivity contribution in [2.45, 2.75) is 25.7 Å². The molecule has 0 spiro atoms. The van der Waals surface area contributed by atoms with Gasteiger partial charge in [0.15, 0.2) is 5.82 Å². The van der Waals surface area contributed by atoms with Crippen molar-refractivity contribution in [3.63, 3.8) is 0 Å². The zero-order valence-corrected chi connectivity index (χ0v) is 16.3. The number of hydrogen-bond donors (Lipinski definition) is 1. The molecule has 0 saturated heterocycles. The summed E-state index contributed by atoms with van der Waals surface area (Å²) in [5.74, 6) is -1.15. The van der Waals surface area contributed by atoms with Crippen LogP contribution in [-0.2, 0) is 0 Å². The number of nitrogens with zero attached hydrogens (tertiary/aromatic N) is 4. The molecule has 7 heteroatoms. The summed E-state index contributed by atoms with van der Waals surface area (Å²) in [7, 11) is 0. The second kappa shape index (κ2) is 6.95. The van der Waals surface area contributed by atoms with Crippen molar-refractivity contribution < 1.29 is 14.3 Å². The highest BCUT2D eigenvalue weighted by atomic mass is 19.1. The Hall–Kier alpha value is -3.74. The van der Waals surface area contributed by atoms with E-state index in [2.05, 4.69) is 10.2 Å². The minimum Gasteiger partial charge on any atom is -0.478 e. The van der Waals surface area contributed by atoms with Crippen molar-refractivity contribution >= 4 is 5.97 Å². The minimum absolute atomic E-state index is 0.199. The third-order valence-corrected chi connectivity index (χ3v) is 5.44. The van der Waals surface area contributed by atoms with Crippen LogP contribution in [0.25, 0.3) is 22.5 Å². The smallest absolute Gasteiger partial charge is 0.339 e. The van der Waals surface area contributed by atoms with Gasteiger partial charge < -0.3 is 5.11 Å². The summed E-state index contributed by atoms with van der Waals surface area (Å²) in [4.78, 5) is 11.6. The second-order valence-corrected chi connectivity index (χ2v) is 7.51. The molecule has 1 N–H and O–H groups in total. The van der Waals surface area contributed by atoms with Gasteiger partial charge in [0, 0.05) is 23.4 Å². The fraction of sp³-hybridized carbons (Fsp3) is 0.174. The molecule has 1 aliphatic carbocycles. The second-order valence-electron chi connectivity index (χ2n) is 7.51. The maximum atomic E-state index is 15.4. The Labute approximate surface area is 172 Å². The Bertz CT molecular complexity index is 1270. The number of halogens is 1.